The zero-order valence-corrected chi connectivity index (χ0v) is 12.6. The number of carbonyl (C=O) groups excluding carboxylic acids is 2. The Balaban J connectivity index is 4.59. The number of ether oxygens (including phenoxy) is 1. The van der Waals surface area contributed by atoms with Gasteiger partial charge < -0.3 is 14.6 Å². The summed E-state index contributed by atoms with van der Waals surface area (Å²) in [6, 6.07) is 0. The first-order valence-electron chi connectivity index (χ1n) is 6.66. The second kappa shape index (κ2) is 8.10. The lowest BCUT2D eigenvalue weighted by atomic mass is 9.88. The summed E-state index contributed by atoms with van der Waals surface area (Å²) in [6.07, 6.45) is 4.76. The molecule has 4 nitrogen and oxygen atoms in total. The van der Waals surface area contributed by atoms with E-state index in [0.717, 1.165) is 6.42 Å². The van der Waals surface area contributed by atoms with Crippen LogP contribution in [0.1, 0.15) is 47.0 Å². The van der Waals surface area contributed by atoms with Crippen LogP contribution in [0.5, 0.6) is 0 Å². The number of carbonyl (C=O) groups is 2. The molecule has 0 amide bonds. The fourth-order valence-corrected chi connectivity index (χ4v) is 1.78. The summed E-state index contributed by atoms with van der Waals surface area (Å²) in [5.74, 6) is 0.317. The second-order valence-corrected chi connectivity index (χ2v) is 5.62. The van der Waals surface area contributed by atoms with Gasteiger partial charge in [-0.05, 0) is 32.1 Å². The highest BCUT2D eigenvalue weighted by atomic mass is 16.5. The van der Waals surface area contributed by atoms with Gasteiger partial charge in [0.1, 0.15) is 5.78 Å². The number of methoxy groups -OCH3 is 1. The van der Waals surface area contributed by atoms with Crippen LogP contribution in [-0.4, -0.2) is 29.6 Å². The van der Waals surface area contributed by atoms with E-state index in [4.69, 9.17) is 0 Å². The number of Topliss-reactive ketones (excluding diaryl/α,β-unsaturated/α-hetero) is 1. The molecule has 0 aliphatic carbocycles. The molecule has 0 aliphatic rings. The topological polar surface area (TPSA) is 63.6 Å². The highest BCUT2D eigenvalue weighted by Crippen LogP contribution is 2.21. The van der Waals surface area contributed by atoms with Gasteiger partial charge in [0.15, 0.2) is 0 Å². The molecule has 110 valence electrons. The molecule has 0 spiro atoms. The Morgan fingerprint density at radius 1 is 1.37 bits per heavy atom. The molecule has 0 bridgehead atoms. The molecule has 0 aromatic heterocycles. The van der Waals surface area contributed by atoms with Gasteiger partial charge in [-0.3, -0.25) is 4.79 Å². The van der Waals surface area contributed by atoms with Gasteiger partial charge in [0, 0.05) is 6.42 Å². The molecule has 0 saturated carbocycles. The quantitative estimate of drug-likeness (QED) is 0.543. The van der Waals surface area contributed by atoms with Crippen LogP contribution in [0, 0.1) is 11.8 Å². The van der Waals surface area contributed by atoms with Gasteiger partial charge in [0.05, 0.1) is 19.1 Å². The Morgan fingerprint density at radius 3 is 2.37 bits per heavy atom. The van der Waals surface area contributed by atoms with E-state index in [1.54, 1.807) is 19.9 Å². The molecule has 0 unspecified atom stereocenters. The van der Waals surface area contributed by atoms with Crippen LogP contribution in [0.4, 0.5) is 0 Å². The van der Waals surface area contributed by atoms with Gasteiger partial charge in [-0.2, -0.15) is 0 Å². The van der Waals surface area contributed by atoms with Crippen molar-refractivity contribution in [2.45, 2.75) is 52.6 Å². The SMILES string of the molecule is COC(=O)C[C@](C)(O)/C=C/[C@H](CCC(C)=O)C(C)C. The van der Waals surface area contributed by atoms with E-state index in [1.165, 1.54) is 7.11 Å². The lowest BCUT2D eigenvalue weighted by molar-refractivity contribution is -0.144. The normalized spacial score (nSPS) is 16.4. The van der Waals surface area contributed by atoms with E-state index < -0.39 is 11.6 Å². The van der Waals surface area contributed by atoms with Crippen LogP contribution in [0.2, 0.25) is 0 Å². The van der Waals surface area contributed by atoms with Gasteiger partial charge in [0.25, 0.3) is 0 Å². The average molecular weight is 270 g/mol. The van der Waals surface area contributed by atoms with Crippen molar-refractivity contribution >= 4 is 11.8 Å². The van der Waals surface area contributed by atoms with Crippen molar-refractivity contribution in [3.63, 3.8) is 0 Å². The Labute approximate surface area is 115 Å². The summed E-state index contributed by atoms with van der Waals surface area (Å²) < 4.78 is 4.54. The van der Waals surface area contributed by atoms with Crippen molar-refractivity contribution in [1.82, 2.24) is 0 Å². The summed E-state index contributed by atoms with van der Waals surface area (Å²) >= 11 is 0. The fourth-order valence-electron chi connectivity index (χ4n) is 1.78. The van der Waals surface area contributed by atoms with Gasteiger partial charge in [-0.15, -0.1) is 0 Å². The van der Waals surface area contributed by atoms with Crippen molar-refractivity contribution in [1.29, 1.82) is 0 Å². The molecule has 0 rings (SSSR count). The predicted molar refractivity (Wildman–Crippen MR) is 74.6 cm³/mol. The number of allylic oxidation sites excluding steroid dienone is 1. The third-order valence-electron chi connectivity index (χ3n) is 3.12. The van der Waals surface area contributed by atoms with Crippen LogP contribution >= 0.6 is 0 Å². The lowest BCUT2D eigenvalue weighted by Crippen LogP contribution is -2.26. The summed E-state index contributed by atoms with van der Waals surface area (Å²) in [6.45, 7) is 7.30. The molecule has 0 aromatic rings. The van der Waals surface area contributed by atoms with Crippen LogP contribution < -0.4 is 0 Å². The molecular weight excluding hydrogens is 244 g/mol. The lowest BCUT2D eigenvalue weighted by Gasteiger charge is -2.21. The molecule has 0 aromatic carbocycles. The van der Waals surface area contributed by atoms with Crippen molar-refractivity contribution in [3.8, 4) is 0 Å². The van der Waals surface area contributed by atoms with Crippen molar-refractivity contribution < 1.29 is 19.4 Å². The van der Waals surface area contributed by atoms with E-state index >= 15 is 0 Å². The highest BCUT2D eigenvalue weighted by Gasteiger charge is 2.22. The summed E-state index contributed by atoms with van der Waals surface area (Å²) in [5.41, 5.74) is -1.21. The van der Waals surface area contributed by atoms with Crippen LogP contribution in [-0.2, 0) is 14.3 Å². The molecule has 4 heteroatoms. The number of aliphatic hydroxyl groups is 1. The van der Waals surface area contributed by atoms with Crippen LogP contribution in [0.3, 0.4) is 0 Å². The highest BCUT2D eigenvalue weighted by molar-refractivity contribution is 5.75. The third kappa shape index (κ3) is 8.54. The summed E-state index contributed by atoms with van der Waals surface area (Å²) in [7, 11) is 1.30. The van der Waals surface area contributed by atoms with Crippen LogP contribution in [0.25, 0.3) is 0 Å². The first kappa shape index (κ1) is 17.8. The van der Waals surface area contributed by atoms with Crippen molar-refractivity contribution in [2.24, 2.45) is 11.8 Å². The maximum atomic E-state index is 11.2. The average Bonchev–Trinajstić information content (AvgIpc) is 2.27. The Bertz CT molecular complexity index is 329. The monoisotopic (exact) mass is 270 g/mol. The molecule has 0 heterocycles. The predicted octanol–water partition coefficient (Wildman–Crippen LogP) is 2.50. The molecule has 0 saturated heterocycles. The first-order valence-corrected chi connectivity index (χ1v) is 6.66. The smallest absolute Gasteiger partial charge is 0.308 e. The summed E-state index contributed by atoms with van der Waals surface area (Å²) in [5, 5.41) is 10.1. The Hall–Kier alpha value is -1.16. The minimum Gasteiger partial charge on any atom is -0.469 e. The van der Waals surface area contributed by atoms with E-state index in [2.05, 4.69) is 18.6 Å². The van der Waals surface area contributed by atoms with Crippen molar-refractivity contribution in [3.05, 3.63) is 12.2 Å². The Morgan fingerprint density at radius 2 is 1.95 bits per heavy atom. The van der Waals surface area contributed by atoms with E-state index in [-0.39, 0.29) is 18.1 Å². The largest absolute Gasteiger partial charge is 0.469 e. The van der Waals surface area contributed by atoms with E-state index in [0.29, 0.717) is 12.3 Å². The van der Waals surface area contributed by atoms with Gasteiger partial charge in [-0.25, -0.2) is 0 Å². The van der Waals surface area contributed by atoms with Gasteiger partial charge in [0.2, 0.25) is 0 Å². The van der Waals surface area contributed by atoms with Crippen molar-refractivity contribution in [2.75, 3.05) is 7.11 Å². The number of hydrogen-bond donors (Lipinski definition) is 1. The van der Waals surface area contributed by atoms with Gasteiger partial charge >= 0.3 is 5.97 Å². The molecule has 2 atom stereocenters. The van der Waals surface area contributed by atoms with Gasteiger partial charge in [-0.1, -0.05) is 26.0 Å². The number of rotatable bonds is 8. The number of esters is 1. The molecule has 0 radical (unpaired) electrons. The fraction of sp³-hybridized carbons (Fsp3) is 0.733. The summed E-state index contributed by atoms with van der Waals surface area (Å²) in [4.78, 5) is 22.2. The standard InChI is InChI=1S/C15H26O4/c1-11(2)13(7-6-12(3)16)8-9-15(4,18)10-14(17)19-5/h8-9,11,13,18H,6-7,10H2,1-5H3/b9-8+/t13-,15+/m0/s1. The minimum atomic E-state index is -1.21. The zero-order valence-electron chi connectivity index (χ0n) is 12.6. The zero-order chi connectivity index (χ0) is 15.1. The van der Waals surface area contributed by atoms with E-state index in [1.807, 2.05) is 6.08 Å². The molecule has 0 fully saturated rings. The molecule has 1 N–H and O–H groups in total. The van der Waals surface area contributed by atoms with Crippen LogP contribution in [0.15, 0.2) is 12.2 Å². The molecule has 0 aliphatic heterocycles. The Kier molecular flexibility index (Phi) is 7.61. The number of ketones is 1. The third-order valence-corrected chi connectivity index (χ3v) is 3.12. The second-order valence-electron chi connectivity index (χ2n) is 5.62. The number of hydrogen-bond acceptors (Lipinski definition) is 4. The maximum Gasteiger partial charge on any atom is 0.308 e. The molecule has 19 heavy (non-hydrogen) atoms. The maximum absolute atomic E-state index is 11.2. The first-order chi connectivity index (χ1) is 8.68. The minimum absolute atomic E-state index is 0.0719. The molecular formula is C15H26O4. The van der Waals surface area contributed by atoms with E-state index in [9.17, 15) is 14.7 Å².